The van der Waals surface area contributed by atoms with E-state index in [4.69, 9.17) is 0 Å². The molecular weight excluding hydrogens is 302 g/mol. The van der Waals surface area contributed by atoms with Crippen molar-refractivity contribution in [1.29, 1.82) is 0 Å². The van der Waals surface area contributed by atoms with E-state index < -0.39 is 0 Å². The molecule has 0 spiro atoms. The smallest absolute Gasteiger partial charge is 0.112 e. The maximum absolute atomic E-state index is 4.58. The monoisotopic (exact) mass is 319 g/mol. The molecule has 2 atom stereocenters. The third-order valence-electron chi connectivity index (χ3n) is 4.06. The average Bonchev–Trinajstić information content (AvgIpc) is 2.78. The maximum Gasteiger partial charge on any atom is 0.112 e. The van der Waals surface area contributed by atoms with Crippen LogP contribution < -0.4 is 4.90 Å². The van der Waals surface area contributed by atoms with Crippen LogP contribution in [-0.4, -0.2) is 22.1 Å². The van der Waals surface area contributed by atoms with Crippen molar-refractivity contribution in [3.63, 3.8) is 0 Å². The molecular formula is C15H18BrN3. The summed E-state index contributed by atoms with van der Waals surface area (Å²) in [5.74, 6) is 0. The molecule has 4 heteroatoms. The van der Waals surface area contributed by atoms with E-state index in [0.717, 1.165) is 15.5 Å². The number of hydrogen-bond acceptors (Lipinski definition) is 3. The summed E-state index contributed by atoms with van der Waals surface area (Å²) in [5.41, 5.74) is 3.20. The first-order chi connectivity index (χ1) is 9.20. The van der Waals surface area contributed by atoms with Crippen LogP contribution in [0, 0.1) is 0 Å². The molecule has 1 aliphatic heterocycles. The van der Waals surface area contributed by atoms with E-state index in [1.807, 2.05) is 18.5 Å². The van der Waals surface area contributed by atoms with Gasteiger partial charge in [-0.2, -0.15) is 0 Å². The van der Waals surface area contributed by atoms with Gasteiger partial charge >= 0.3 is 0 Å². The molecule has 0 aromatic carbocycles. The zero-order chi connectivity index (χ0) is 13.4. The number of fused-ring (bicyclic) bond motifs is 1. The fourth-order valence-electron chi connectivity index (χ4n) is 3.11. The van der Waals surface area contributed by atoms with Crippen molar-refractivity contribution >= 4 is 32.7 Å². The molecule has 2 unspecified atom stereocenters. The summed E-state index contributed by atoms with van der Waals surface area (Å²) in [5, 5.41) is 0. The standard InChI is InChI=1S/C15H18BrN3/c1-3-12-5-4-10(2)19(12)14-6-7-17-13-8-11(16)9-18-15(13)14/h6-10,12H,3-5H2,1-2H3. The molecule has 0 saturated carbocycles. The summed E-state index contributed by atoms with van der Waals surface area (Å²) in [6.45, 7) is 4.57. The van der Waals surface area contributed by atoms with Crippen molar-refractivity contribution in [2.75, 3.05) is 4.90 Å². The molecule has 100 valence electrons. The highest BCUT2D eigenvalue weighted by molar-refractivity contribution is 9.10. The number of hydrogen-bond donors (Lipinski definition) is 0. The third-order valence-corrected chi connectivity index (χ3v) is 4.49. The molecule has 1 saturated heterocycles. The van der Waals surface area contributed by atoms with Crippen LogP contribution >= 0.6 is 15.9 Å². The molecule has 1 aliphatic rings. The first-order valence-corrected chi connectivity index (χ1v) is 7.68. The molecule has 3 heterocycles. The van der Waals surface area contributed by atoms with Crippen LogP contribution in [0.15, 0.2) is 29.0 Å². The van der Waals surface area contributed by atoms with Crippen LogP contribution in [0.25, 0.3) is 11.0 Å². The quantitative estimate of drug-likeness (QED) is 0.832. The fourth-order valence-corrected chi connectivity index (χ4v) is 3.43. The van der Waals surface area contributed by atoms with Crippen LogP contribution in [0.4, 0.5) is 5.69 Å². The first-order valence-electron chi connectivity index (χ1n) is 6.89. The molecule has 3 nitrogen and oxygen atoms in total. The zero-order valence-electron chi connectivity index (χ0n) is 11.3. The lowest BCUT2D eigenvalue weighted by Gasteiger charge is -2.30. The van der Waals surface area contributed by atoms with Crippen molar-refractivity contribution < 1.29 is 0 Å². The van der Waals surface area contributed by atoms with Crippen molar-refractivity contribution in [1.82, 2.24) is 9.97 Å². The van der Waals surface area contributed by atoms with Gasteiger partial charge < -0.3 is 4.90 Å². The Morgan fingerprint density at radius 2 is 2.21 bits per heavy atom. The number of pyridine rings is 2. The van der Waals surface area contributed by atoms with Gasteiger partial charge in [0.1, 0.15) is 5.52 Å². The Morgan fingerprint density at radius 3 is 3.00 bits per heavy atom. The molecule has 3 rings (SSSR count). The van der Waals surface area contributed by atoms with Crippen LogP contribution in [0.1, 0.15) is 33.1 Å². The second kappa shape index (κ2) is 5.08. The van der Waals surface area contributed by atoms with Gasteiger partial charge in [0.05, 0.1) is 11.2 Å². The number of nitrogens with zero attached hydrogens (tertiary/aromatic N) is 3. The van der Waals surface area contributed by atoms with Crippen LogP contribution in [0.5, 0.6) is 0 Å². The average molecular weight is 320 g/mol. The fraction of sp³-hybridized carbons (Fsp3) is 0.467. The summed E-state index contributed by atoms with van der Waals surface area (Å²) in [6.07, 6.45) is 7.47. The zero-order valence-corrected chi connectivity index (χ0v) is 12.9. The minimum atomic E-state index is 0.584. The minimum Gasteiger partial charge on any atom is -0.364 e. The molecule has 1 fully saturated rings. The number of halogens is 1. The highest BCUT2D eigenvalue weighted by atomic mass is 79.9. The van der Waals surface area contributed by atoms with Gasteiger partial charge in [-0.1, -0.05) is 6.92 Å². The van der Waals surface area contributed by atoms with E-state index in [2.05, 4.69) is 50.7 Å². The van der Waals surface area contributed by atoms with Gasteiger partial charge in [0.2, 0.25) is 0 Å². The Bertz CT molecular complexity index is 599. The molecule has 19 heavy (non-hydrogen) atoms. The second-order valence-corrected chi connectivity index (χ2v) is 6.16. The molecule has 0 radical (unpaired) electrons. The topological polar surface area (TPSA) is 29.0 Å². The van der Waals surface area contributed by atoms with Crippen molar-refractivity contribution in [3.8, 4) is 0 Å². The summed E-state index contributed by atoms with van der Waals surface area (Å²) < 4.78 is 0.978. The van der Waals surface area contributed by atoms with Gasteiger partial charge in [0.25, 0.3) is 0 Å². The largest absolute Gasteiger partial charge is 0.364 e. The third kappa shape index (κ3) is 2.22. The molecule has 0 amide bonds. The van der Waals surface area contributed by atoms with Crippen molar-refractivity contribution in [3.05, 3.63) is 29.0 Å². The highest BCUT2D eigenvalue weighted by Crippen LogP contribution is 2.35. The molecule has 0 N–H and O–H groups in total. The summed E-state index contributed by atoms with van der Waals surface area (Å²) in [4.78, 5) is 11.5. The Morgan fingerprint density at radius 1 is 1.37 bits per heavy atom. The van der Waals surface area contributed by atoms with E-state index in [1.54, 1.807) is 0 Å². The summed E-state index contributed by atoms with van der Waals surface area (Å²) in [7, 11) is 0. The first kappa shape index (κ1) is 12.9. The van der Waals surface area contributed by atoms with Crippen molar-refractivity contribution in [2.45, 2.75) is 45.2 Å². The molecule has 0 bridgehead atoms. The van der Waals surface area contributed by atoms with Gasteiger partial charge in [-0.15, -0.1) is 0 Å². The summed E-state index contributed by atoms with van der Waals surface area (Å²) >= 11 is 3.46. The van der Waals surface area contributed by atoms with E-state index in [0.29, 0.717) is 12.1 Å². The second-order valence-electron chi connectivity index (χ2n) is 5.25. The Kier molecular flexibility index (Phi) is 3.44. The molecule has 0 aliphatic carbocycles. The SMILES string of the molecule is CCC1CCC(C)N1c1ccnc2cc(Br)cnc12. The van der Waals surface area contributed by atoms with Crippen molar-refractivity contribution in [2.24, 2.45) is 0 Å². The molecule has 2 aromatic heterocycles. The highest BCUT2D eigenvalue weighted by Gasteiger charge is 2.30. The lowest BCUT2D eigenvalue weighted by molar-refractivity contribution is 0.629. The van der Waals surface area contributed by atoms with Crippen LogP contribution in [0.2, 0.25) is 0 Å². The number of anilines is 1. The van der Waals surface area contributed by atoms with Gasteiger partial charge in [0.15, 0.2) is 0 Å². The van der Waals surface area contributed by atoms with Gasteiger partial charge in [-0.3, -0.25) is 9.97 Å². The number of aromatic nitrogens is 2. The van der Waals surface area contributed by atoms with E-state index in [9.17, 15) is 0 Å². The Hall–Kier alpha value is -1.16. The van der Waals surface area contributed by atoms with E-state index >= 15 is 0 Å². The van der Waals surface area contributed by atoms with Gasteiger partial charge in [-0.25, -0.2) is 0 Å². The van der Waals surface area contributed by atoms with E-state index in [1.165, 1.54) is 24.9 Å². The molecule has 2 aromatic rings. The normalized spacial score (nSPS) is 23.2. The Labute approximate surface area is 122 Å². The van der Waals surface area contributed by atoms with Crippen LogP contribution in [0.3, 0.4) is 0 Å². The Balaban J connectivity index is 2.14. The predicted octanol–water partition coefficient (Wildman–Crippen LogP) is 4.16. The van der Waals surface area contributed by atoms with Crippen LogP contribution in [-0.2, 0) is 0 Å². The minimum absolute atomic E-state index is 0.584. The lowest BCUT2D eigenvalue weighted by Crippen LogP contribution is -2.34. The lowest BCUT2D eigenvalue weighted by atomic mass is 10.1. The van der Waals surface area contributed by atoms with E-state index in [-0.39, 0.29) is 0 Å². The number of rotatable bonds is 2. The predicted molar refractivity (Wildman–Crippen MR) is 82.5 cm³/mol. The van der Waals surface area contributed by atoms with Gasteiger partial charge in [-0.05, 0) is 54.2 Å². The van der Waals surface area contributed by atoms with Gasteiger partial charge in [0, 0.05) is 29.0 Å². The summed E-state index contributed by atoms with van der Waals surface area (Å²) in [6, 6.07) is 5.35. The maximum atomic E-state index is 4.58.